The van der Waals surface area contributed by atoms with E-state index in [-0.39, 0.29) is 12.5 Å². The number of aliphatic hydroxyl groups excluding tert-OH is 1. The fourth-order valence-electron chi connectivity index (χ4n) is 4.40. The average molecular weight is 593 g/mol. The number of H-pyrrole nitrogens is 1. The maximum absolute atomic E-state index is 13.2. The number of hydrogen-bond donors (Lipinski definition) is 4. The molecule has 1 heterocycles. The highest BCUT2D eigenvalue weighted by molar-refractivity contribution is 5.97. The molecule has 1 aromatic heterocycles. The Kier molecular flexibility index (Phi) is 11.0. The van der Waals surface area contributed by atoms with Gasteiger partial charge in [-0.15, -0.1) is 0 Å². The molecule has 0 fully saturated rings. The minimum atomic E-state index is -0.694. The van der Waals surface area contributed by atoms with Gasteiger partial charge in [-0.1, -0.05) is 60.7 Å². The van der Waals surface area contributed by atoms with Crippen LogP contribution in [0.15, 0.2) is 116 Å². The summed E-state index contributed by atoms with van der Waals surface area (Å²) in [5.41, 5.74) is 3.36. The molecule has 9 heteroatoms. The van der Waals surface area contributed by atoms with Crippen molar-refractivity contribution in [1.82, 2.24) is 20.6 Å². The molecule has 0 bridgehead atoms. The van der Waals surface area contributed by atoms with Gasteiger partial charge in [0.2, 0.25) is 0 Å². The molecule has 0 saturated heterocycles. The van der Waals surface area contributed by atoms with Crippen LogP contribution in [0.1, 0.15) is 21.5 Å². The lowest BCUT2D eigenvalue weighted by Crippen LogP contribution is -2.33. The summed E-state index contributed by atoms with van der Waals surface area (Å²) in [5.74, 6) is 2.23. The number of ether oxygens (including phenoxy) is 3. The van der Waals surface area contributed by atoms with Gasteiger partial charge in [0, 0.05) is 37.6 Å². The zero-order chi connectivity index (χ0) is 30.4. The first kappa shape index (κ1) is 30.3. The van der Waals surface area contributed by atoms with Crippen molar-refractivity contribution in [1.29, 1.82) is 0 Å². The monoisotopic (exact) mass is 592 g/mol. The Morgan fingerprint density at radius 3 is 2.30 bits per heavy atom. The quantitative estimate of drug-likeness (QED) is 0.119. The summed E-state index contributed by atoms with van der Waals surface area (Å²) in [5, 5.41) is 16.5. The molecule has 1 amide bonds. The van der Waals surface area contributed by atoms with E-state index in [2.05, 4.69) is 20.6 Å². The predicted molar refractivity (Wildman–Crippen MR) is 169 cm³/mol. The molecule has 0 aliphatic carbocycles. The van der Waals surface area contributed by atoms with Crippen LogP contribution in [0, 0.1) is 0 Å². The van der Waals surface area contributed by atoms with Gasteiger partial charge in [-0.25, -0.2) is 4.98 Å². The maximum atomic E-state index is 13.2. The van der Waals surface area contributed by atoms with E-state index in [1.54, 1.807) is 30.6 Å². The number of aromatic nitrogens is 2. The van der Waals surface area contributed by atoms with Crippen LogP contribution in [0.4, 0.5) is 0 Å². The summed E-state index contributed by atoms with van der Waals surface area (Å²) in [6.45, 7) is 2.07. The number of nitrogens with zero attached hydrogens (tertiary/aromatic N) is 1. The third kappa shape index (κ3) is 9.19. The van der Waals surface area contributed by atoms with Crippen LogP contribution in [0.25, 0.3) is 11.4 Å². The van der Waals surface area contributed by atoms with Gasteiger partial charge in [0.1, 0.15) is 49.0 Å². The van der Waals surface area contributed by atoms with Crippen molar-refractivity contribution in [3.05, 3.63) is 132 Å². The molecule has 4 aromatic carbocycles. The first-order chi connectivity index (χ1) is 21.6. The lowest BCUT2D eigenvalue weighted by Gasteiger charge is -2.15. The van der Waals surface area contributed by atoms with Crippen LogP contribution in [-0.4, -0.2) is 53.4 Å². The summed E-state index contributed by atoms with van der Waals surface area (Å²) in [7, 11) is 0. The van der Waals surface area contributed by atoms with Gasteiger partial charge in [-0.2, -0.15) is 0 Å². The Balaban J connectivity index is 1.08. The third-order valence-electron chi connectivity index (χ3n) is 6.72. The van der Waals surface area contributed by atoms with Crippen molar-refractivity contribution >= 4 is 5.91 Å². The average Bonchev–Trinajstić information content (AvgIpc) is 3.62. The Morgan fingerprint density at radius 1 is 0.841 bits per heavy atom. The van der Waals surface area contributed by atoms with E-state index in [0.29, 0.717) is 55.7 Å². The van der Waals surface area contributed by atoms with Crippen molar-refractivity contribution in [2.45, 2.75) is 19.3 Å². The predicted octanol–water partition coefficient (Wildman–Crippen LogP) is 4.99. The standard InChI is InChI=1S/C35H36N4O5/c40-29(25-43-30-13-11-28(12-14-30)34-37-17-18-38-34)23-36-19-20-42-31-15-16-33(44-24-27-9-5-2-6-10-27)32(21-31)35(41)39-22-26-7-3-1-4-8-26/h1-18,21,29,36,40H,19-20,22-25H2,(H,37,38)(H,39,41). The van der Waals surface area contributed by atoms with Crippen molar-refractivity contribution in [2.24, 2.45) is 0 Å². The van der Waals surface area contributed by atoms with E-state index >= 15 is 0 Å². The van der Waals surface area contributed by atoms with Crippen molar-refractivity contribution < 1.29 is 24.1 Å². The smallest absolute Gasteiger partial charge is 0.255 e. The number of nitrogens with one attached hydrogen (secondary N) is 3. The Morgan fingerprint density at radius 2 is 1.57 bits per heavy atom. The Bertz CT molecular complexity index is 1560. The number of amides is 1. The number of aromatic amines is 1. The highest BCUT2D eigenvalue weighted by Gasteiger charge is 2.15. The van der Waals surface area contributed by atoms with Crippen LogP contribution >= 0.6 is 0 Å². The molecule has 4 N–H and O–H groups in total. The number of aliphatic hydroxyl groups is 1. The topological polar surface area (TPSA) is 118 Å². The lowest BCUT2D eigenvalue weighted by molar-refractivity contribution is 0.0945. The first-order valence-electron chi connectivity index (χ1n) is 14.5. The first-order valence-corrected chi connectivity index (χ1v) is 14.5. The summed E-state index contributed by atoms with van der Waals surface area (Å²) in [6, 6.07) is 32.3. The highest BCUT2D eigenvalue weighted by atomic mass is 16.5. The number of rotatable bonds is 16. The van der Waals surface area contributed by atoms with Gasteiger partial charge >= 0.3 is 0 Å². The van der Waals surface area contributed by atoms with Gasteiger partial charge in [-0.3, -0.25) is 4.79 Å². The van der Waals surface area contributed by atoms with Gasteiger partial charge in [-0.05, 0) is 53.6 Å². The van der Waals surface area contributed by atoms with Gasteiger partial charge < -0.3 is 34.9 Å². The van der Waals surface area contributed by atoms with Crippen LogP contribution in [-0.2, 0) is 13.2 Å². The van der Waals surface area contributed by atoms with Gasteiger partial charge in [0.15, 0.2) is 0 Å². The van der Waals surface area contributed by atoms with E-state index in [9.17, 15) is 9.90 Å². The fourth-order valence-corrected chi connectivity index (χ4v) is 4.40. The Hall–Kier alpha value is -5.12. The molecule has 44 heavy (non-hydrogen) atoms. The minimum Gasteiger partial charge on any atom is -0.492 e. The zero-order valence-corrected chi connectivity index (χ0v) is 24.3. The summed E-state index contributed by atoms with van der Waals surface area (Å²) < 4.78 is 17.6. The van der Waals surface area contributed by atoms with Crippen LogP contribution < -0.4 is 24.8 Å². The second-order valence-corrected chi connectivity index (χ2v) is 10.1. The van der Waals surface area contributed by atoms with Crippen molar-refractivity contribution in [2.75, 3.05) is 26.3 Å². The molecular formula is C35H36N4O5. The number of hydrogen-bond acceptors (Lipinski definition) is 7. The summed E-state index contributed by atoms with van der Waals surface area (Å²) in [6.07, 6.45) is 2.79. The van der Waals surface area contributed by atoms with Crippen LogP contribution in [0.2, 0.25) is 0 Å². The molecule has 9 nitrogen and oxygen atoms in total. The molecule has 0 saturated carbocycles. The second-order valence-electron chi connectivity index (χ2n) is 10.1. The third-order valence-corrected chi connectivity index (χ3v) is 6.72. The molecular weight excluding hydrogens is 556 g/mol. The molecule has 0 aliphatic heterocycles. The SMILES string of the molecule is O=C(NCc1ccccc1)c1cc(OCCNCC(O)COc2ccc(-c3ncc[nH]3)cc2)ccc1OCc1ccccc1. The van der Waals surface area contributed by atoms with E-state index < -0.39 is 6.10 Å². The zero-order valence-electron chi connectivity index (χ0n) is 24.3. The fraction of sp³-hybridized carbons (Fsp3) is 0.200. The van der Waals surface area contributed by atoms with Crippen molar-refractivity contribution in [3.63, 3.8) is 0 Å². The van der Waals surface area contributed by atoms with Crippen LogP contribution in [0.5, 0.6) is 17.2 Å². The number of imidazole rings is 1. The number of carbonyl (C=O) groups excluding carboxylic acids is 1. The number of benzene rings is 4. The molecule has 0 aliphatic rings. The maximum Gasteiger partial charge on any atom is 0.255 e. The second kappa shape index (κ2) is 15.9. The minimum absolute atomic E-state index is 0.153. The molecule has 5 aromatic rings. The van der Waals surface area contributed by atoms with Gasteiger partial charge in [0.25, 0.3) is 5.91 Å². The van der Waals surface area contributed by atoms with E-state index in [1.807, 2.05) is 84.9 Å². The molecule has 0 spiro atoms. The van der Waals surface area contributed by atoms with Crippen molar-refractivity contribution in [3.8, 4) is 28.6 Å². The molecule has 5 rings (SSSR count). The van der Waals surface area contributed by atoms with E-state index in [4.69, 9.17) is 14.2 Å². The van der Waals surface area contributed by atoms with E-state index in [1.165, 1.54) is 0 Å². The molecule has 1 unspecified atom stereocenters. The van der Waals surface area contributed by atoms with E-state index in [0.717, 1.165) is 22.5 Å². The largest absolute Gasteiger partial charge is 0.492 e. The molecule has 1 atom stereocenters. The van der Waals surface area contributed by atoms with Crippen LogP contribution in [0.3, 0.4) is 0 Å². The number of carbonyl (C=O) groups is 1. The summed E-state index contributed by atoms with van der Waals surface area (Å²) >= 11 is 0. The normalized spacial score (nSPS) is 11.5. The molecule has 0 radical (unpaired) electrons. The van der Waals surface area contributed by atoms with Gasteiger partial charge in [0.05, 0.1) is 5.56 Å². The highest BCUT2D eigenvalue weighted by Crippen LogP contribution is 2.26. The lowest BCUT2D eigenvalue weighted by atomic mass is 10.1. The Labute approximate surface area is 256 Å². The summed E-state index contributed by atoms with van der Waals surface area (Å²) in [4.78, 5) is 20.5. The molecule has 226 valence electrons.